The van der Waals surface area contributed by atoms with Crippen LogP contribution in [0.2, 0.25) is 0 Å². The molecular weight excluding hydrogens is 700 g/mol. The summed E-state index contributed by atoms with van der Waals surface area (Å²) < 4.78 is 42.4. The molecule has 5 rings (SSSR count). The third kappa shape index (κ3) is 7.17. The van der Waals surface area contributed by atoms with Crippen molar-refractivity contribution in [1.29, 1.82) is 0 Å². The number of hydrogen-bond donors (Lipinski definition) is 1. The first-order chi connectivity index (χ1) is 21.5. The monoisotopic (exact) mass is 732 g/mol. The van der Waals surface area contributed by atoms with Gasteiger partial charge in [0.1, 0.15) is 18.0 Å². The molecule has 3 aromatic rings. The van der Waals surface area contributed by atoms with E-state index in [0.29, 0.717) is 16.5 Å². The van der Waals surface area contributed by atoms with Crippen molar-refractivity contribution in [3.8, 4) is 5.75 Å². The minimum Gasteiger partial charge on any atom is -0.508 e. The number of benzene rings is 3. The zero-order valence-electron chi connectivity index (χ0n) is 24.3. The molecule has 2 saturated heterocycles. The van der Waals surface area contributed by atoms with Crippen LogP contribution >= 0.6 is 22.6 Å². The number of phenols is 1. The van der Waals surface area contributed by atoms with Crippen LogP contribution in [0.25, 0.3) is 0 Å². The molecule has 2 atom stereocenters. The topological polar surface area (TPSA) is 84.4 Å². The van der Waals surface area contributed by atoms with E-state index in [9.17, 15) is 32.7 Å². The molecule has 0 bridgehead atoms. The van der Waals surface area contributed by atoms with Crippen molar-refractivity contribution < 1.29 is 32.7 Å². The van der Waals surface area contributed by atoms with Gasteiger partial charge in [-0.25, -0.2) is 10.0 Å². The van der Waals surface area contributed by atoms with E-state index in [1.54, 1.807) is 17.1 Å². The van der Waals surface area contributed by atoms with E-state index >= 15 is 0 Å². The highest BCUT2D eigenvalue weighted by Crippen LogP contribution is 2.35. The number of piperazine rings is 1. The maximum Gasteiger partial charge on any atom is 0.416 e. The molecule has 0 aliphatic carbocycles. The number of carbonyl (C=O) groups excluding carboxylic acids is 3. The molecule has 2 aliphatic rings. The molecule has 0 unspecified atom stereocenters. The van der Waals surface area contributed by atoms with Crippen molar-refractivity contribution in [3.63, 3.8) is 0 Å². The highest BCUT2D eigenvalue weighted by molar-refractivity contribution is 14.1. The van der Waals surface area contributed by atoms with Crippen molar-refractivity contribution in [1.82, 2.24) is 19.8 Å². The molecule has 3 aromatic carbocycles. The van der Waals surface area contributed by atoms with Gasteiger partial charge in [-0.15, -0.1) is 0 Å². The third-order valence-corrected chi connectivity index (χ3v) is 8.48. The number of hydrazine groups is 1. The van der Waals surface area contributed by atoms with Gasteiger partial charge < -0.3 is 14.9 Å². The average molecular weight is 733 g/mol. The van der Waals surface area contributed by atoms with Gasteiger partial charge in [-0.2, -0.15) is 13.2 Å². The Balaban J connectivity index is 1.55. The fourth-order valence-electron chi connectivity index (χ4n) is 5.90. The number of halogens is 4. The van der Waals surface area contributed by atoms with Crippen LogP contribution in [0.1, 0.15) is 22.3 Å². The van der Waals surface area contributed by atoms with E-state index in [4.69, 9.17) is 0 Å². The second-order valence-corrected chi connectivity index (χ2v) is 12.1. The van der Waals surface area contributed by atoms with Gasteiger partial charge in [-0.05, 0) is 34.9 Å². The Morgan fingerprint density at radius 2 is 1.62 bits per heavy atom. The fourth-order valence-corrected chi connectivity index (χ4v) is 6.46. The van der Waals surface area contributed by atoms with Crippen LogP contribution in [-0.4, -0.2) is 78.9 Å². The van der Waals surface area contributed by atoms with Crippen molar-refractivity contribution in [2.75, 3.05) is 24.1 Å². The molecule has 2 fully saturated rings. The van der Waals surface area contributed by atoms with Gasteiger partial charge in [0.2, 0.25) is 11.8 Å². The van der Waals surface area contributed by atoms with E-state index in [0.717, 1.165) is 11.6 Å². The summed E-state index contributed by atoms with van der Waals surface area (Å²) in [4.78, 5) is 44.7. The SMILES string of the molecule is C=C(Cc1ccccc1)C(=O)N1[C@H]2CN(Cc3ccccc3C(F)(F)F)C(=O)[C@H](Cc3ccc(O)cc3)N2C(=O)CN1CCI. The largest absolute Gasteiger partial charge is 0.508 e. The molecule has 1 N–H and O–H groups in total. The lowest BCUT2D eigenvalue weighted by Gasteiger charge is -2.55. The number of hydrogen-bond acceptors (Lipinski definition) is 5. The number of alkyl halides is 4. The second kappa shape index (κ2) is 13.6. The average Bonchev–Trinajstić information content (AvgIpc) is 3.00. The predicted molar refractivity (Wildman–Crippen MR) is 170 cm³/mol. The molecule has 0 aromatic heterocycles. The van der Waals surface area contributed by atoms with Crippen molar-refractivity contribution in [2.24, 2.45) is 0 Å². The maximum atomic E-state index is 14.1. The first-order valence-corrected chi connectivity index (χ1v) is 15.9. The zero-order chi connectivity index (χ0) is 32.3. The van der Waals surface area contributed by atoms with Crippen molar-refractivity contribution in [3.05, 3.63) is 113 Å². The Morgan fingerprint density at radius 1 is 0.956 bits per heavy atom. The lowest BCUT2D eigenvalue weighted by molar-refractivity contribution is -0.204. The minimum absolute atomic E-state index is 0.0224. The van der Waals surface area contributed by atoms with Gasteiger partial charge in [-0.3, -0.25) is 14.4 Å². The molecular formula is C33H32F3IN4O4. The molecule has 236 valence electrons. The summed E-state index contributed by atoms with van der Waals surface area (Å²) in [6.45, 7) is 3.71. The number of carbonyl (C=O) groups is 3. The number of rotatable bonds is 9. The van der Waals surface area contributed by atoms with Gasteiger partial charge in [0, 0.05) is 35.9 Å². The van der Waals surface area contributed by atoms with E-state index in [1.165, 1.54) is 45.1 Å². The van der Waals surface area contributed by atoms with E-state index in [2.05, 4.69) is 29.2 Å². The lowest BCUT2D eigenvalue weighted by Crippen LogP contribution is -2.76. The van der Waals surface area contributed by atoms with Gasteiger partial charge in [-0.1, -0.05) is 89.8 Å². The number of amides is 3. The smallest absolute Gasteiger partial charge is 0.416 e. The summed E-state index contributed by atoms with van der Waals surface area (Å²) in [5.41, 5.74) is 0.834. The third-order valence-electron chi connectivity index (χ3n) is 7.99. The Labute approximate surface area is 272 Å². The van der Waals surface area contributed by atoms with Crippen molar-refractivity contribution >= 4 is 40.3 Å². The molecule has 0 saturated carbocycles. The Morgan fingerprint density at radius 3 is 2.29 bits per heavy atom. The van der Waals surface area contributed by atoms with Crippen LogP contribution < -0.4 is 0 Å². The van der Waals surface area contributed by atoms with Gasteiger partial charge in [0.05, 0.1) is 18.7 Å². The van der Waals surface area contributed by atoms with Crippen molar-refractivity contribution in [2.45, 2.75) is 37.8 Å². The number of aromatic hydroxyl groups is 1. The van der Waals surface area contributed by atoms with Crippen LogP contribution in [0.4, 0.5) is 13.2 Å². The molecule has 2 aliphatic heterocycles. The summed E-state index contributed by atoms with van der Waals surface area (Å²) in [6, 6.07) is 19.5. The van der Waals surface area contributed by atoms with Gasteiger partial charge in [0.25, 0.3) is 5.91 Å². The van der Waals surface area contributed by atoms with Crippen LogP contribution in [-0.2, 0) is 39.9 Å². The predicted octanol–water partition coefficient (Wildman–Crippen LogP) is 4.81. The normalized spacial score (nSPS) is 19.1. The molecule has 2 heterocycles. The number of nitrogens with zero attached hydrogens (tertiary/aromatic N) is 4. The fraction of sp³-hybridized carbons (Fsp3) is 0.303. The molecule has 0 spiro atoms. The Bertz CT molecular complexity index is 1570. The van der Waals surface area contributed by atoms with Crippen LogP contribution in [0.5, 0.6) is 5.75 Å². The number of phenolic OH excluding ortho intramolecular Hbond substituents is 1. The van der Waals surface area contributed by atoms with Crippen LogP contribution in [0.3, 0.4) is 0 Å². The number of fused-ring (bicyclic) bond motifs is 1. The highest BCUT2D eigenvalue weighted by atomic mass is 127. The summed E-state index contributed by atoms with van der Waals surface area (Å²) in [6.07, 6.45) is -5.32. The first kappa shape index (κ1) is 32.5. The van der Waals surface area contributed by atoms with E-state index < -0.39 is 35.8 Å². The van der Waals surface area contributed by atoms with E-state index in [-0.39, 0.29) is 55.3 Å². The zero-order valence-corrected chi connectivity index (χ0v) is 26.4. The molecule has 0 radical (unpaired) electrons. The maximum absolute atomic E-state index is 14.1. The summed E-state index contributed by atoms with van der Waals surface area (Å²) in [5, 5.41) is 12.9. The van der Waals surface area contributed by atoms with Crippen LogP contribution in [0.15, 0.2) is 91.0 Å². The molecule has 8 nitrogen and oxygen atoms in total. The van der Waals surface area contributed by atoms with Gasteiger partial charge in [0.15, 0.2) is 0 Å². The Hall–Kier alpha value is -3.91. The summed E-state index contributed by atoms with van der Waals surface area (Å²) in [7, 11) is 0. The second-order valence-electron chi connectivity index (χ2n) is 11.0. The highest BCUT2D eigenvalue weighted by Gasteiger charge is 2.51. The Kier molecular flexibility index (Phi) is 9.82. The quantitative estimate of drug-likeness (QED) is 0.194. The standard InChI is InChI=1S/C33H32F3IN4O4/c1-22(17-23-7-3-2-4-8-23)31(44)41-29-20-38(19-25-9-5-6-10-27(25)33(34,35)36)32(45)28(18-24-11-13-26(42)14-12-24)40(29)30(43)21-39(41)16-15-37/h2-14,28-29,42H,1,15-21H2/t28-,29-/m0/s1. The lowest BCUT2D eigenvalue weighted by atomic mass is 9.97. The van der Waals surface area contributed by atoms with E-state index in [1.807, 2.05) is 30.3 Å². The van der Waals surface area contributed by atoms with Gasteiger partial charge >= 0.3 is 6.18 Å². The van der Waals surface area contributed by atoms with Crippen LogP contribution in [0, 0.1) is 0 Å². The molecule has 3 amide bonds. The minimum atomic E-state index is -4.64. The first-order valence-electron chi connectivity index (χ1n) is 14.4. The molecule has 12 heteroatoms. The summed E-state index contributed by atoms with van der Waals surface area (Å²) in [5.74, 6) is -1.30. The molecule has 45 heavy (non-hydrogen) atoms. The summed E-state index contributed by atoms with van der Waals surface area (Å²) >= 11 is 2.15.